The van der Waals surface area contributed by atoms with Gasteiger partial charge in [0.1, 0.15) is 12.8 Å². The Kier molecular flexibility index (Phi) is 6.91. The number of nitrogens with two attached hydrogens (primary N) is 1. The van der Waals surface area contributed by atoms with E-state index in [0.29, 0.717) is 30.2 Å². The van der Waals surface area contributed by atoms with Gasteiger partial charge in [-0.2, -0.15) is 0 Å². The van der Waals surface area contributed by atoms with Gasteiger partial charge in [0, 0.05) is 30.5 Å². The summed E-state index contributed by atoms with van der Waals surface area (Å²) in [6.45, 7) is 1.13. The molecule has 0 aromatic heterocycles. The van der Waals surface area contributed by atoms with Crippen molar-refractivity contribution in [2.45, 2.75) is 50.4 Å². The fourth-order valence-electron chi connectivity index (χ4n) is 3.64. The Bertz CT molecular complexity index is 722. The van der Waals surface area contributed by atoms with E-state index >= 15 is 0 Å². The van der Waals surface area contributed by atoms with Crippen molar-refractivity contribution in [1.82, 2.24) is 4.90 Å². The molecule has 1 fully saturated rings. The fourth-order valence-corrected chi connectivity index (χ4v) is 3.85. The van der Waals surface area contributed by atoms with Crippen LogP contribution < -0.4 is 5.73 Å². The number of alkyl halides is 1. The predicted molar refractivity (Wildman–Crippen MR) is 105 cm³/mol. The fraction of sp³-hybridized carbons (Fsp3) is 0.476. The van der Waals surface area contributed by atoms with E-state index in [-0.39, 0.29) is 24.4 Å². The van der Waals surface area contributed by atoms with Crippen molar-refractivity contribution >= 4 is 17.5 Å². The molecule has 1 aromatic carbocycles. The molecule has 0 spiro atoms. The first kappa shape index (κ1) is 19.9. The van der Waals surface area contributed by atoms with E-state index in [1.54, 1.807) is 12.2 Å². The number of benzene rings is 1. The number of carbonyl (C=O) groups excluding carboxylic acids is 1. The van der Waals surface area contributed by atoms with E-state index in [0.717, 1.165) is 24.9 Å². The van der Waals surface area contributed by atoms with Crippen LogP contribution in [0.4, 0.5) is 4.39 Å². The first-order chi connectivity index (χ1) is 13.0. The van der Waals surface area contributed by atoms with Crippen LogP contribution in [0.15, 0.2) is 48.3 Å². The lowest BCUT2D eigenvalue weighted by atomic mass is 10.0. The normalized spacial score (nSPS) is 23.2. The van der Waals surface area contributed by atoms with Crippen molar-refractivity contribution in [2.24, 2.45) is 5.73 Å². The number of ether oxygens (including phenoxy) is 1. The van der Waals surface area contributed by atoms with Crippen LogP contribution in [0, 0.1) is 0 Å². The Balaban J connectivity index is 1.49. The smallest absolute Gasteiger partial charge is 0.224 e. The van der Waals surface area contributed by atoms with Crippen LogP contribution in [-0.4, -0.2) is 42.2 Å². The van der Waals surface area contributed by atoms with E-state index < -0.39 is 6.17 Å². The monoisotopic (exact) mass is 392 g/mol. The van der Waals surface area contributed by atoms with Gasteiger partial charge in [0.15, 0.2) is 0 Å². The molecule has 3 rings (SSSR count). The highest BCUT2D eigenvalue weighted by atomic mass is 35.5. The molecule has 2 aliphatic rings. The molecule has 6 heteroatoms. The second-order valence-electron chi connectivity index (χ2n) is 7.23. The second-order valence-corrected chi connectivity index (χ2v) is 7.67. The lowest BCUT2D eigenvalue weighted by Gasteiger charge is -2.27. The van der Waals surface area contributed by atoms with Gasteiger partial charge in [-0.15, -0.1) is 0 Å². The van der Waals surface area contributed by atoms with Crippen molar-refractivity contribution in [2.75, 3.05) is 13.2 Å². The molecular formula is C21H26ClFN2O2. The van der Waals surface area contributed by atoms with Gasteiger partial charge in [0.2, 0.25) is 5.91 Å². The molecule has 3 atom stereocenters. The van der Waals surface area contributed by atoms with Crippen molar-refractivity contribution in [3.8, 4) is 0 Å². The Labute approximate surface area is 164 Å². The standard InChI is InChI=1S/C21H26ClFN2O2/c22-16-5-1-4-15(10-16)11-18(24)13-21(26)25-9-3-7-19(25)14-27-20-8-2-6-17(23)12-20/h1-2,4-6,8,10,17-19H,3,7,9,11-14,24H2/t17?,18-,19+/m1/s1. The average Bonchev–Trinajstić information content (AvgIpc) is 3.08. The van der Waals surface area contributed by atoms with Crippen LogP contribution in [0.3, 0.4) is 0 Å². The number of hydrogen-bond acceptors (Lipinski definition) is 3. The molecule has 1 aliphatic carbocycles. The van der Waals surface area contributed by atoms with Gasteiger partial charge in [-0.1, -0.05) is 35.9 Å². The van der Waals surface area contributed by atoms with Gasteiger partial charge in [-0.25, -0.2) is 4.39 Å². The Morgan fingerprint density at radius 2 is 2.30 bits per heavy atom. The molecule has 1 aromatic rings. The van der Waals surface area contributed by atoms with E-state index in [2.05, 4.69) is 0 Å². The third kappa shape index (κ3) is 5.81. The van der Waals surface area contributed by atoms with Gasteiger partial charge in [-0.05, 0) is 43.0 Å². The maximum atomic E-state index is 13.4. The number of rotatable bonds is 7. The first-order valence-corrected chi connectivity index (χ1v) is 9.83. The lowest BCUT2D eigenvalue weighted by molar-refractivity contribution is -0.133. The molecule has 0 saturated carbocycles. The maximum Gasteiger partial charge on any atom is 0.224 e. The molecule has 1 aliphatic heterocycles. The van der Waals surface area contributed by atoms with Gasteiger partial charge in [0.05, 0.1) is 11.8 Å². The predicted octanol–water partition coefficient (Wildman–Crippen LogP) is 3.79. The molecule has 1 heterocycles. The summed E-state index contributed by atoms with van der Waals surface area (Å²) in [4.78, 5) is 14.6. The van der Waals surface area contributed by atoms with Crippen LogP contribution in [0.5, 0.6) is 0 Å². The summed E-state index contributed by atoms with van der Waals surface area (Å²) in [6.07, 6.45) is 7.01. The minimum atomic E-state index is -0.990. The quantitative estimate of drug-likeness (QED) is 0.768. The van der Waals surface area contributed by atoms with E-state index in [1.165, 1.54) is 6.08 Å². The largest absolute Gasteiger partial charge is 0.496 e. The van der Waals surface area contributed by atoms with Gasteiger partial charge in [-0.3, -0.25) is 4.79 Å². The molecule has 146 valence electrons. The highest BCUT2D eigenvalue weighted by molar-refractivity contribution is 6.30. The topological polar surface area (TPSA) is 55.6 Å². The summed E-state index contributed by atoms with van der Waals surface area (Å²) in [5, 5.41) is 0.671. The van der Waals surface area contributed by atoms with Crippen LogP contribution in [0.25, 0.3) is 0 Å². The highest BCUT2D eigenvalue weighted by Gasteiger charge is 2.30. The molecule has 2 N–H and O–H groups in total. The van der Waals surface area contributed by atoms with Gasteiger partial charge in [0.25, 0.3) is 0 Å². The molecule has 27 heavy (non-hydrogen) atoms. The van der Waals surface area contributed by atoms with Crippen molar-refractivity contribution in [3.05, 3.63) is 58.8 Å². The minimum Gasteiger partial charge on any atom is -0.496 e. The zero-order chi connectivity index (χ0) is 19.2. The first-order valence-electron chi connectivity index (χ1n) is 9.45. The Morgan fingerprint density at radius 1 is 1.44 bits per heavy atom. The van der Waals surface area contributed by atoms with Crippen LogP contribution in [-0.2, 0) is 16.0 Å². The third-order valence-electron chi connectivity index (χ3n) is 4.98. The van der Waals surface area contributed by atoms with Crippen LogP contribution in [0.1, 0.15) is 31.2 Å². The summed E-state index contributed by atoms with van der Waals surface area (Å²) < 4.78 is 19.2. The number of amides is 1. The SMILES string of the molecule is N[C@@H](CC(=O)N1CCC[C@H]1COC1=CC=CC(F)C1)Cc1cccc(Cl)c1. The summed E-state index contributed by atoms with van der Waals surface area (Å²) >= 11 is 6.00. The minimum absolute atomic E-state index is 0.0285. The second kappa shape index (κ2) is 9.38. The number of nitrogens with zero attached hydrogens (tertiary/aromatic N) is 1. The molecule has 0 radical (unpaired) electrons. The number of carbonyl (C=O) groups is 1. The van der Waals surface area contributed by atoms with Crippen molar-refractivity contribution in [3.63, 3.8) is 0 Å². The average molecular weight is 393 g/mol. The summed E-state index contributed by atoms with van der Waals surface area (Å²) in [5.41, 5.74) is 7.23. The van der Waals surface area contributed by atoms with E-state index in [4.69, 9.17) is 22.1 Å². The maximum absolute atomic E-state index is 13.4. The third-order valence-corrected chi connectivity index (χ3v) is 5.22. The van der Waals surface area contributed by atoms with E-state index in [1.807, 2.05) is 29.2 Å². The van der Waals surface area contributed by atoms with Gasteiger partial charge < -0.3 is 15.4 Å². The van der Waals surface area contributed by atoms with E-state index in [9.17, 15) is 9.18 Å². The number of halogens is 2. The Morgan fingerprint density at radius 3 is 3.07 bits per heavy atom. The Hall–Kier alpha value is -1.85. The van der Waals surface area contributed by atoms with Crippen LogP contribution in [0.2, 0.25) is 5.02 Å². The summed E-state index contributed by atoms with van der Waals surface area (Å²) in [7, 11) is 0. The zero-order valence-electron chi connectivity index (χ0n) is 15.3. The molecule has 1 unspecified atom stereocenters. The van der Waals surface area contributed by atoms with Crippen LogP contribution >= 0.6 is 11.6 Å². The zero-order valence-corrected chi connectivity index (χ0v) is 16.1. The van der Waals surface area contributed by atoms with Crippen molar-refractivity contribution in [1.29, 1.82) is 0 Å². The lowest BCUT2D eigenvalue weighted by Crippen LogP contribution is -2.41. The molecule has 4 nitrogen and oxygen atoms in total. The summed E-state index contributed by atoms with van der Waals surface area (Å²) in [5.74, 6) is 0.693. The van der Waals surface area contributed by atoms with Gasteiger partial charge >= 0.3 is 0 Å². The van der Waals surface area contributed by atoms with Crippen molar-refractivity contribution < 1.29 is 13.9 Å². The molecule has 1 saturated heterocycles. The highest BCUT2D eigenvalue weighted by Crippen LogP contribution is 2.23. The number of likely N-dealkylation sites (tertiary alicyclic amines) is 1. The number of hydrogen-bond donors (Lipinski definition) is 1. The number of allylic oxidation sites excluding steroid dienone is 4. The summed E-state index contributed by atoms with van der Waals surface area (Å²) in [6, 6.07) is 7.32. The molecule has 1 amide bonds. The molecular weight excluding hydrogens is 367 g/mol. The molecule has 0 bridgehead atoms.